The van der Waals surface area contributed by atoms with E-state index in [1.54, 1.807) is 27.1 Å². The van der Waals surface area contributed by atoms with Gasteiger partial charge in [-0.1, -0.05) is 13.8 Å². The van der Waals surface area contributed by atoms with Crippen molar-refractivity contribution in [2.24, 2.45) is 5.92 Å². The van der Waals surface area contributed by atoms with Crippen molar-refractivity contribution in [1.82, 2.24) is 15.2 Å². The molecule has 0 saturated heterocycles. The number of benzene rings is 1. The van der Waals surface area contributed by atoms with E-state index >= 15 is 0 Å². The molecule has 9 nitrogen and oxygen atoms in total. The molecule has 0 spiro atoms. The van der Waals surface area contributed by atoms with Gasteiger partial charge in [0.05, 0.1) is 11.5 Å². The van der Waals surface area contributed by atoms with E-state index in [4.69, 9.17) is 4.74 Å². The Balaban J connectivity index is 1.99. The molecule has 2 aromatic rings. The molecular formula is C17H20N4O5S. The Morgan fingerprint density at radius 1 is 1.33 bits per heavy atom. The Labute approximate surface area is 160 Å². The molecule has 1 aromatic carbocycles. The number of nitro benzene ring substituents is 1. The number of non-ortho nitro benzene ring substituents is 1. The highest BCUT2D eigenvalue weighted by molar-refractivity contribution is 7.09. The number of hydrogen-bond donors (Lipinski definition) is 1. The molecule has 0 aliphatic heterocycles. The van der Waals surface area contributed by atoms with Crippen molar-refractivity contribution >= 4 is 29.0 Å². The monoisotopic (exact) mass is 392 g/mol. The number of thiazole rings is 1. The lowest BCUT2D eigenvalue weighted by Gasteiger charge is -2.24. The minimum Gasteiger partial charge on any atom is -0.425 e. The highest BCUT2D eigenvalue weighted by atomic mass is 32.1. The van der Waals surface area contributed by atoms with Gasteiger partial charge < -0.3 is 15.0 Å². The molecule has 0 radical (unpaired) electrons. The molecular weight excluding hydrogens is 372 g/mol. The quantitative estimate of drug-likeness (QED) is 0.335. The molecule has 1 atom stereocenters. The number of aromatic nitrogens is 1. The summed E-state index contributed by atoms with van der Waals surface area (Å²) in [5, 5.41) is 15.9. The standard InChI is InChI=1S/C17H20N4O5S/c1-11(2)15(19-17(23)20(3)10-14-18-8-9-27-14)16(22)26-13-6-4-12(5-7-13)21(24)25/h4-9,11,15H,10H2,1-3H3,(H,19,23). The van der Waals surface area contributed by atoms with Crippen LogP contribution in [0.15, 0.2) is 35.8 Å². The van der Waals surface area contributed by atoms with Gasteiger partial charge in [-0.05, 0) is 18.1 Å². The Morgan fingerprint density at radius 2 is 2.00 bits per heavy atom. The lowest BCUT2D eigenvalue weighted by Crippen LogP contribution is -2.50. The number of carbonyl (C=O) groups is 2. The Morgan fingerprint density at radius 3 is 2.52 bits per heavy atom. The van der Waals surface area contributed by atoms with Gasteiger partial charge in [-0.25, -0.2) is 14.6 Å². The Bertz CT molecular complexity index is 792. The number of amides is 2. The zero-order chi connectivity index (χ0) is 20.0. The summed E-state index contributed by atoms with van der Waals surface area (Å²) in [5.74, 6) is -0.691. The second-order valence-corrected chi connectivity index (χ2v) is 7.10. The maximum absolute atomic E-state index is 12.4. The minimum atomic E-state index is -0.869. The average Bonchev–Trinajstić information content (AvgIpc) is 3.12. The van der Waals surface area contributed by atoms with Crippen LogP contribution in [0.3, 0.4) is 0 Å². The number of urea groups is 1. The highest BCUT2D eigenvalue weighted by Crippen LogP contribution is 2.18. The van der Waals surface area contributed by atoms with Crippen LogP contribution in [0.1, 0.15) is 18.9 Å². The van der Waals surface area contributed by atoms with Gasteiger partial charge in [0, 0.05) is 30.8 Å². The first-order valence-electron chi connectivity index (χ1n) is 8.14. The summed E-state index contributed by atoms with van der Waals surface area (Å²) in [7, 11) is 1.61. The molecule has 27 heavy (non-hydrogen) atoms. The lowest BCUT2D eigenvalue weighted by molar-refractivity contribution is -0.384. The van der Waals surface area contributed by atoms with Gasteiger partial charge >= 0.3 is 12.0 Å². The predicted octanol–water partition coefficient (Wildman–Crippen LogP) is 2.82. The van der Waals surface area contributed by atoms with E-state index in [1.807, 2.05) is 5.38 Å². The van der Waals surface area contributed by atoms with Gasteiger partial charge in [0.1, 0.15) is 16.8 Å². The topological polar surface area (TPSA) is 115 Å². The van der Waals surface area contributed by atoms with Crippen molar-refractivity contribution < 1.29 is 19.2 Å². The highest BCUT2D eigenvalue weighted by Gasteiger charge is 2.27. The minimum absolute atomic E-state index is 0.104. The van der Waals surface area contributed by atoms with E-state index in [1.165, 1.54) is 40.5 Å². The number of ether oxygens (including phenoxy) is 1. The number of rotatable bonds is 7. The van der Waals surface area contributed by atoms with Gasteiger partial charge in [0.15, 0.2) is 0 Å². The molecule has 0 aliphatic carbocycles. The average molecular weight is 392 g/mol. The Hall–Kier alpha value is -3.01. The molecule has 1 N–H and O–H groups in total. The summed E-state index contributed by atoms with van der Waals surface area (Å²) < 4.78 is 5.25. The van der Waals surface area contributed by atoms with Crippen LogP contribution in [-0.4, -0.2) is 39.9 Å². The number of nitrogens with zero attached hydrogens (tertiary/aromatic N) is 3. The molecule has 10 heteroatoms. The largest absolute Gasteiger partial charge is 0.425 e. The predicted molar refractivity (Wildman–Crippen MR) is 99.5 cm³/mol. The third kappa shape index (κ3) is 5.74. The van der Waals surface area contributed by atoms with E-state index in [0.717, 1.165) is 5.01 Å². The second kappa shape index (κ2) is 9.08. The first-order valence-corrected chi connectivity index (χ1v) is 9.02. The molecule has 2 amide bonds. The smallest absolute Gasteiger partial charge is 0.334 e. The van der Waals surface area contributed by atoms with Gasteiger partial charge in [-0.3, -0.25) is 10.1 Å². The molecule has 1 unspecified atom stereocenters. The first kappa shape index (κ1) is 20.3. The number of nitro groups is 1. The molecule has 0 fully saturated rings. The molecule has 2 rings (SSSR count). The normalized spacial score (nSPS) is 11.7. The maximum Gasteiger partial charge on any atom is 0.334 e. The summed E-state index contributed by atoms with van der Waals surface area (Å²) in [6, 6.07) is 3.87. The SMILES string of the molecule is CC(C)C(NC(=O)N(C)Cc1nccs1)C(=O)Oc1ccc([N+](=O)[O-])cc1. The molecule has 1 heterocycles. The van der Waals surface area contributed by atoms with Crippen molar-refractivity contribution in [3.63, 3.8) is 0 Å². The molecule has 144 valence electrons. The first-order chi connectivity index (χ1) is 12.8. The number of carbonyl (C=O) groups excluding carboxylic acids is 2. The summed E-state index contributed by atoms with van der Waals surface area (Å²) in [6.45, 7) is 3.89. The van der Waals surface area contributed by atoms with Crippen LogP contribution in [-0.2, 0) is 11.3 Å². The molecule has 0 bridgehead atoms. The van der Waals surface area contributed by atoms with Crippen LogP contribution < -0.4 is 10.1 Å². The van der Waals surface area contributed by atoms with Crippen LogP contribution in [0.5, 0.6) is 5.75 Å². The van der Waals surface area contributed by atoms with Crippen molar-refractivity contribution in [3.8, 4) is 5.75 Å². The van der Waals surface area contributed by atoms with Gasteiger partial charge in [-0.2, -0.15) is 0 Å². The number of esters is 1. The van der Waals surface area contributed by atoms with Crippen molar-refractivity contribution in [2.45, 2.75) is 26.4 Å². The Kier molecular flexibility index (Phi) is 6.83. The van der Waals surface area contributed by atoms with Crippen LogP contribution in [0, 0.1) is 16.0 Å². The van der Waals surface area contributed by atoms with E-state index in [0.29, 0.717) is 6.54 Å². The van der Waals surface area contributed by atoms with Gasteiger partial charge in [0.25, 0.3) is 5.69 Å². The fraction of sp³-hybridized carbons (Fsp3) is 0.353. The van der Waals surface area contributed by atoms with Crippen LogP contribution in [0.25, 0.3) is 0 Å². The molecule has 1 aromatic heterocycles. The van der Waals surface area contributed by atoms with E-state index in [2.05, 4.69) is 10.3 Å². The van der Waals surface area contributed by atoms with Crippen LogP contribution in [0.4, 0.5) is 10.5 Å². The third-order valence-corrected chi connectivity index (χ3v) is 4.43. The van der Waals surface area contributed by atoms with Crippen molar-refractivity contribution in [3.05, 3.63) is 51.0 Å². The van der Waals surface area contributed by atoms with Gasteiger partial charge in [-0.15, -0.1) is 11.3 Å². The summed E-state index contributed by atoms with van der Waals surface area (Å²) in [5.41, 5.74) is -0.104. The second-order valence-electron chi connectivity index (χ2n) is 6.13. The van der Waals surface area contributed by atoms with E-state index in [-0.39, 0.29) is 17.4 Å². The zero-order valence-electron chi connectivity index (χ0n) is 15.1. The fourth-order valence-electron chi connectivity index (χ4n) is 2.16. The summed E-state index contributed by atoms with van der Waals surface area (Å²) in [6.07, 6.45) is 1.66. The van der Waals surface area contributed by atoms with E-state index in [9.17, 15) is 19.7 Å². The van der Waals surface area contributed by atoms with Crippen molar-refractivity contribution in [2.75, 3.05) is 7.05 Å². The zero-order valence-corrected chi connectivity index (χ0v) is 15.9. The van der Waals surface area contributed by atoms with Crippen LogP contribution >= 0.6 is 11.3 Å². The van der Waals surface area contributed by atoms with Crippen molar-refractivity contribution in [1.29, 1.82) is 0 Å². The lowest BCUT2D eigenvalue weighted by atomic mass is 10.1. The molecule has 0 aliphatic rings. The van der Waals surface area contributed by atoms with Crippen LogP contribution in [0.2, 0.25) is 0 Å². The summed E-state index contributed by atoms with van der Waals surface area (Å²) >= 11 is 1.43. The van der Waals surface area contributed by atoms with E-state index < -0.39 is 23.0 Å². The summed E-state index contributed by atoms with van der Waals surface area (Å²) in [4.78, 5) is 40.5. The maximum atomic E-state index is 12.4. The third-order valence-electron chi connectivity index (χ3n) is 3.67. The van der Waals surface area contributed by atoms with Gasteiger partial charge in [0.2, 0.25) is 0 Å². The fourth-order valence-corrected chi connectivity index (χ4v) is 2.83. The number of nitrogens with one attached hydrogen (secondary N) is 1. The molecule has 0 saturated carbocycles. The number of hydrogen-bond acceptors (Lipinski definition) is 7.